The lowest BCUT2D eigenvalue weighted by Crippen LogP contribution is -2.01. The number of carbonyl (C=O) groups excluding carboxylic acids is 1. The molecule has 0 spiro atoms. The van der Waals surface area contributed by atoms with Gasteiger partial charge in [0.2, 0.25) is 0 Å². The molecular formula is C15H15ClO. The van der Waals surface area contributed by atoms with Gasteiger partial charge < -0.3 is 0 Å². The average molecular weight is 247 g/mol. The van der Waals surface area contributed by atoms with Crippen LogP contribution in [0.1, 0.15) is 27.9 Å². The molecule has 0 N–H and O–H groups in total. The Kier molecular flexibility index (Phi) is 3.49. The number of hydrogen-bond donors (Lipinski definition) is 0. The molecule has 0 aromatic heterocycles. The summed E-state index contributed by atoms with van der Waals surface area (Å²) < 4.78 is 0. The summed E-state index contributed by atoms with van der Waals surface area (Å²) >= 11 is 5.64. The van der Waals surface area contributed by atoms with Gasteiger partial charge >= 0.3 is 0 Å². The minimum Gasteiger partial charge on any atom is -0.294 e. The average Bonchev–Trinajstić information content (AvgIpc) is 2.29. The first-order chi connectivity index (χ1) is 8.13. The van der Waals surface area contributed by atoms with Crippen molar-refractivity contribution in [3.63, 3.8) is 0 Å². The molecule has 0 fully saturated rings. The fourth-order valence-electron chi connectivity index (χ4n) is 2.08. The molecule has 0 unspecified atom stereocenters. The summed E-state index contributed by atoms with van der Waals surface area (Å²) in [5.74, 6) is 0.496. The molecule has 0 heterocycles. The number of rotatable bonds is 3. The van der Waals surface area contributed by atoms with E-state index in [0.29, 0.717) is 12.3 Å². The van der Waals surface area contributed by atoms with Gasteiger partial charge in [-0.15, -0.1) is 11.6 Å². The van der Waals surface area contributed by atoms with Crippen molar-refractivity contribution in [3.05, 3.63) is 47.0 Å². The molecule has 0 bridgehead atoms. The van der Waals surface area contributed by atoms with E-state index in [4.69, 9.17) is 11.6 Å². The van der Waals surface area contributed by atoms with Crippen LogP contribution in [-0.4, -0.2) is 11.7 Å². The highest BCUT2D eigenvalue weighted by atomic mass is 35.5. The Morgan fingerprint density at radius 3 is 2.59 bits per heavy atom. The highest BCUT2D eigenvalue weighted by Crippen LogP contribution is 2.24. The van der Waals surface area contributed by atoms with Gasteiger partial charge in [0.25, 0.3) is 0 Å². The number of hydrogen-bond acceptors (Lipinski definition) is 1. The Morgan fingerprint density at radius 2 is 1.88 bits per heavy atom. The van der Waals surface area contributed by atoms with Crippen LogP contribution in [0.25, 0.3) is 10.8 Å². The number of aryl methyl sites for hydroxylation is 2. The maximum absolute atomic E-state index is 12.0. The van der Waals surface area contributed by atoms with Crippen molar-refractivity contribution in [1.82, 2.24) is 0 Å². The molecule has 0 aliphatic heterocycles. The van der Waals surface area contributed by atoms with Crippen LogP contribution in [0.15, 0.2) is 30.3 Å². The third-order valence-electron chi connectivity index (χ3n) is 3.01. The quantitative estimate of drug-likeness (QED) is 0.584. The molecule has 17 heavy (non-hydrogen) atoms. The minimum absolute atomic E-state index is 0.121. The Hall–Kier alpha value is -1.34. The molecule has 2 aromatic carbocycles. The molecule has 0 aliphatic rings. The molecule has 88 valence electrons. The highest BCUT2D eigenvalue weighted by molar-refractivity contribution is 6.20. The summed E-state index contributed by atoms with van der Waals surface area (Å²) in [6.07, 6.45) is 0.396. The molecule has 0 saturated heterocycles. The Balaban J connectivity index is 2.68. The predicted octanol–water partition coefficient (Wildman–Crippen LogP) is 4.27. The van der Waals surface area contributed by atoms with Crippen molar-refractivity contribution in [2.24, 2.45) is 0 Å². The maximum Gasteiger partial charge on any atom is 0.164 e. The smallest absolute Gasteiger partial charge is 0.164 e. The lowest BCUT2D eigenvalue weighted by atomic mass is 9.95. The second-order valence-corrected chi connectivity index (χ2v) is 4.72. The maximum atomic E-state index is 12.0. The van der Waals surface area contributed by atoms with E-state index in [1.165, 1.54) is 11.1 Å². The molecule has 0 amide bonds. The summed E-state index contributed by atoms with van der Waals surface area (Å²) in [5, 5.41) is 2.19. The lowest BCUT2D eigenvalue weighted by Gasteiger charge is -2.08. The normalized spacial score (nSPS) is 10.8. The second kappa shape index (κ2) is 4.89. The lowest BCUT2D eigenvalue weighted by molar-refractivity contribution is 0.0991. The topological polar surface area (TPSA) is 17.1 Å². The zero-order chi connectivity index (χ0) is 12.4. The Morgan fingerprint density at radius 1 is 1.12 bits per heavy atom. The minimum atomic E-state index is 0.121. The number of fused-ring (bicyclic) bond motifs is 1. The van der Waals surface area contributed by atoms with Gasteiger partial charge in [-0.25, -0.2) is 0 Å². The number of benzene rings is 2. The summed E-state index contributed by atoms with van der Waals surface area (Å²) in [4.78, 5) is 12.0. The van der Waals surface area contributed by atoms with Gasteiger partial charge in [0, 0.05) is 17.9 Å². The molecule has 0 aliphatic carbocycles. The zero-order valence-electron chi connectivity index (χ0n) is 10.1. The SMILES string of the molecule is Cc1ccc2c(C)ccc(C(=O)CCCl)c2c1. The number of ketones is 1. The van der Waals surface area contributed by atoms with Gasteiger partial charge in [-0.3, -0.25) is 4.79 Å². The van der Waals surface area contributed by atoms with Crippen molar-refractivity contribution in [3.8, 4) is 0 Å². The fraction of sp³-hybridized carbons (Fsp3) is 0.267. The largest absolute Gasteiger partial charge is 0.294 e. The van der Waals surface area contributed by atoms with Crippen molar-refractivity contribution in [2.45, 2.75) is 20.3 Å². The van der Waals surface area contributed by atoms with Gasteiger partial charge in [0.1, 0.15) is 0 Å². The zero-order valence-corrected chi connectivity index (χ0v) is 10.8. The van der Waals surface area contributed by atoms with Crippen LogP contribution in [0, 0.1) is 13.8 Å². The van der Waals surface area contributed by atoms with E-state index in [2.05, 4.69) is 25.1 Å². The summed E-state index contributed by atoms with van der Waals surface area (Å²) in [6.45, 7) is 4.10. The van der Waals surface area contributed by atoms with Gasteiger partial charge in [-0.2, -0.15) is 0 Å². The van der Waals surface area contributed by atoms with Crippen molar-refractivity contribution >= 4 is 28.2 Å². The van der Waals surface area contributed by atoms with E-state index in [0.717, 1.165) is 16.3 Å². The fourth-order valence-corrected chi connectivity index (χ4v) is 2.25. The third kappa shape index (κ3) is 2.34. The summed E-state index contributed by atoms with van der Waals surface area (Å²) in [5.41, 5.74) is 3.15. The highest BCUT2D eigenvalue weighted by Gasteiger charge is 2.10. The molecule has 2 heteroatoms. The molecular weight excluding hydrogens is 232 g/mol. The van der Waals surface area contributed by atoms with Crippen LogP contribution in [0.3, 0.4) is 0 Å². The summed E-state index contributed by atoms with van der Waals surface area (Å²) in [7, 11) is 0. The first-order valence-corrected chi connectivity index (χ1v) is 6.26. The van der Waals surface area contributed by atoms with Gasteiger partial charge in [0.15, 0.2) is 5.78 Å². The van der Waals surface area contributed by atoms with Crippen molar-refractivity contribution in [2.75, 3.05) is 5.88 Å². The summed E-state index contributed by atoms with van der Waals surface area (Å²) in [6, 6.07) is 10.1. The molecule has 2 rings (SSSR count). The molecule has 0 saturated carbocycles. The van der Waals surface area contributed by atoms with E-state index in [1.54, 1.807) is 0 Å². The first-order valence-electron chi connectivity index (χ1n) is 5.72. The number of Topliss-reactive ketones (excluding diaryl/α,β-unsaturated/α-hetero) is 1. The van der Waals surface area contributed by atoms with Crippen LogP contribution in [0.2, 0.25) is 0 Å². The molecule has 0 radical (unpaired) electrons. The van der Waals surface area contributed by atoms with E-state index in [-0.39, 0.29) is 5.78 Å². The number of alkyl halides is 1. The standard InChI is InChI=1S/C15H15ClO/c1-10-3-5-12-11(2)4-6-13(14(12)9-10)15(17)7-8-16/h3-6,9H,7-8H2,1-2H3. The van der Waals surface area contributed by atoms with Crippen LogP contribution in [0.5, 0.6) is 0 Å². The molecule has 1 nitrogen and oxygen atoms in total. The number of carbonyl (C=O) groups is 1. The Bertz CT molecular complexity index is 572. The van der Waals surface area contributed by atoms with Gasteiger partial charge in [0.05, 0.1) is 0 Å². The Labute approximate surface area is 106 Å². The van der Waals surface area contributed by atoms with Crippen LogP contribution in [0.4, 0.5) is 0 Å². The molecule has 0 atom stereocenters. The van der Waals surface area contributed by atoms with Gasteiger partial charge in [-0.1, -0.05) is 35.9 Å². The van der Waals surface area contributed by atoms with Gasteiger partial charge in [-0.05, 0) is 30.2 Å². The van der Waals surface area contributed by atoms with Crippen molar-refractivity contribution < 1.29 is 4.79 Å². The van der Waals surface area contributed by atoms with Crippen molar-refractivity contribution in [1.29, 1.82) is 0 Å². The van der Waals surface area contributed by atoms with Crippen LogP contribution in [-0.2, 0) is 0 Å². The van der Waals surface area contributed by atoms with Crippen LogP contribution >= 0.6 is 11.6 Å². The van der Waals surface area contributed by atoms with Crippen LogP contribution < -0.4 is 0 Å². The van der Waals surface area contributed by atoms with E-state index in [9.17, 15) is 4.79 Å². The van der Waals surface area contributed by atoms with E-state index >= 15 is 0 Å². The monoisotopic (exact) mass is 246 g/mol. The van der Waals surface area contributed by atoms with E-state index < -0.39 is 0 Å². The third-order valence-corrected chi connectivity index (χ3v) is 3.20. The second-order valence-electron chi connectivity index (χ2n) is 4.34. The number of halogens is 1. The van der Waals surface area contributed by atoms with E-state index in [1.807, 2.05) is 19.1 Å². The predicted molar refractivity (Wildman–Crippen MR) is 73.1 cm³/mol. The molecule has 2 aromatic rings. The first kappa shape index (κ1) is 12.1.